The third kappa shape index (κ3) is 5.54. The van der Waals surface area contributed by atoms with Gasteiger partial charge in [-0.3, -0.25) is 9.59 Å². The Morgan fingerprint density at radius 2 is 2.03 bits per heavy atom. The Morgan fingerprint density at radius 3 is 2.75 bits per heavy atom. The van der Waals surface area contributed by atoms with Crippen LogP contribution in [0.2, 0.25) is 5.02 Å². The number of nitrogens with zero attached hydrogens (tertiary/aromatic N) is 2. The van der Waals surface area contributed by atoms with Crippen LogP contribution < -0.4 is 10.1 Å². The van der Waals surface area contributed by atoms with Gasteiger partial charge in [0.05, 0.1) is 12.6 Å². The second kappa shape index (κ2) is 10.3. The highest BCUT2D eigenvalue weighted by Crippen LogP contribution is 2.13. The third-order valence-electron chi connectivity index (χ3n) is 5.33. The lowest BCUT2D eigenvalue weighted by Gasteiger charge is -2.11. The molecule has 1 N–H and O–H groups in total. The molecule has 1 aliphatic rings. The zero-order valence-corrected chi connectivity index (χ0v) is 19.3. The van der Waals surface area contributed by atoms with Crippen molar-refractivity contribution < 1.29 is 14.3 Å². The van der Waals surface area contributed by atoms with Crippen LogP contribution in [0.25, 0.3) is 0 Å². The van der Waals surface area contributed by atoms with E-state index in [9.17, 15) is 9.59 Å². The van der Waals surface area contributed by atoms with Gasteiger partial charge < -0.3 is 14.6 Å². The predicted octanol–water partition coefficient (Wildman–Crippen LogP) is 4.21. The molecule has 0 bridgehead atoms. The molecule has 4 rings (SSSR count). The van der Waals surface area contributed by atoms with Crippen LogP contribution in [0.15, 0.2) is 58.9 Å². The number of thiazole rings is 1. The Kier molecular flexibility index (Phi) is 7.19. The van der Waals surface area contributed by atoms with Crippen molar-refractivity contribution in [2.75, 3.05) is 13.2 Å². The Bertz CT molecular complexity index is 1180. The highest BCUT2D eigenvalue weighted by atomic mass is 35.5. The minimum absolute atomic E-state index is 0.103. The zero-order valence-electron chi connectivity index (χ0n) is 17.7. The molecule has 2 heterocycles. The second-order valence-corrected chi connectivity index (χ2v) is 8.99. The Morgan fingerprint density at radius 1 is 1.22 bits per heavy atom. The molecule has 0 spiro atoms. The highest BCUT2D eigenvalue weighted by Gasteiger charge is 2.16. The molecule has 2 amide bonds. The molecule has 1 saturated heterocycles. The molecule has 1 atom stereocenters. The molecule has 8 heteroatoms. The van der Waals surface area contributed by atoms with Gasteiger partial charge in [-0.15, -0.1) is 11.3 Å². The van der Waals surface area contributed by atoms with Crippen LogP contribution in [0.4, 0.5) is 0 Å². The van der Waals surface area contributed by atoms with Crippen LogP contribution in [0, 0.1) is 6.92 Å². The lowest BCUT2D eigenvalue weighted by atomic mass is 10.1. The maximum Gasteiger partial charge on any atom is 0.279 e. The molecule has 1 aromatic heterocycles. The largest absolute Gasteiger partial charge is 0.376 e. The number of carbonyl (C=O) groups is 2. The average Bonchev–Trinajstić information content (AvgIpc) is 3.43. The molecule has 1 fully saturated rings. The normalized spacial score (nSPS) is 16.3. The first kappa shape index (κ1) is 22.5. The van der Waals surface area contributed by atoms with Crippen molar-refractivity contribution in [2.45, 2.75) is 32.4 Å². The number of aromatic nitrogens is 1. The number of hydrogen-bond donors (Lipinski definition) is 1. The Balaban J connectivity index is 1.46. The van der Waals surface area contributed by atoms with Gasteiger partial charge >= 0.3 is 0 Å². The summed E-state index contributed by atoms with van der Waals surface area (Å²) in [6.07, 6.45) is 2.16. The van der Waals surface area contributed by atoms with E-state index in [-0.39, 0.29) is 17.9 Å². The number of nitrogens with one attached hydrogen (secondary N) is 1. The van der Waals surface area contributed by atoms with Crippen molar-refractivity contribution in [1.82, 2.24) is 9.88 Å². The minimum atomic E-state index is -0.332. The van der Waals surface area contributed by atoms with E-state index >= 15 is 0 Å². The van der Waals surface area contributed by atoms with E-state index < -0.39 is 0 Å². The van der Waals surface area contributed by atoms with Gasteiger partial charge in [-0.25, -0.2) is 0 Å². The molecule has 3 aromatic rings. The van der Waals surface area contributed by atoms with Gasteiger partial charge in [-0.1, -0.05) is 29.8 Å². The monoisotopic (exact) mass is 469 g/mol. The SMILES string of the molecule is Cc1csc(=NC(=O)c2cccc(Cl)c2)n1Cc1ccc(C(=O)NC[C@H]2CCCO2)cc1. The van der Waals surface area contributed by atoms with Gasteiger partial charge in [0, 0.05) is 40.4 Å². The van der Waals surface area contributed by atoms with Gasteiger partial charge in [0.25, 0.3) is 11.8 Å². The van der Waals surface area contributed by atoms with Crippen LogP contribution in [-0.4, -0.2) is 35.6 Å². The molecular formula is C24H24ClN3O3S. The number of halogens is 1. The summed E-state index contributed by atoms with van der Waals surface area (Å²) in [7, 11) is 0. The maximum absolute atomic E-state index is 12.6. The van der Waals surface area contributed by atoms with Crippen LogP contribution >= 0.6 is 22.9 Å². The van der Waals surface area contributed by atoms with E-state index in [1.54, 1.807) is 24.3 Å². The van der Waals surface area contributed by atoms with Crippen molar-refractivity contribution in [3.05, 3.63) is 86.1 Å². The quantitative estimate of drug-likeness (QED) is 0.587. The summed E-state index contributed by atoms with van der Waals surface area (Å²) in [6.45, 7) is 3.84. The molecule has 0 aliphatic carbocycles. The smallest absolute Gasteiger partial charge is 0.279 e. The molecule has 0 unspecified atom stereocenters. The maximum atomic E-state index is 12.6. The molecule has 1 aliphatic heterocycles. The molecule has 0 radical (unpaired) electrons. The number of hydrogen-bond acceptors (Lipinski definition) is 4. The van der Waals surface area contributed by atoms with E-state index in [2.05, 4.69) is 10.3 Å². The zero-order chi connectivity index (χ0) is 22.5. The molecule has 2 aromatic carbocycles. The lowest BCUT2D eigenvalue weighted by molar-refractivity contribution is 0.0857. The van der Waals surface area contributed by atoms with Crippen LogP contribution in [0.1, 0.15) is 44.8 Å². The average molecular weight is 470 g/mol. The van der Waals surface area contributed by atoms with Gasteiger partial charge in [-0.2, -0.15) is 4.99 Å². The van der Waals surface area contributed by atoms with Crippen LogP contribution in [0.3, 0.4) is 0 Å². The topological polar surface area (TPSA) is 72.7 Å². The summed E-state index contributed by atoms with van der Waals surface area (Å²) >= 11 is 7.41. The van der Waals surface area contributed by atoms with Crippen molar-refractivity contribution >= 4 is 34.8 Å². The first-order valence-electron chi connectivity index (χ1n) is 10.5. The van der Waals surface area contributed by atoms with Crippen molar-refractivity contribution in [3.63, 3.8) is 0 Å². The van der Waals surface area contributed by atoms with Crippen LogP contribution in [0.5, 0.6) is 0 Å². The summed E-state index contributed by atoms with van der Waals surface area (Å²) in [6, 6.07) is 14.2. The fourth-order valence-corrected chi connectivity index (χ4v) is 4.59. The molecule has 166 valence electrons. The number of carbonyl (C=O) groups excluding carboxylic acids is 2. The fourth-order valence-electron chi connectivity index (χ4n) is 3.53. The minimum Gasteiger partial charge on any atom is -0.376 e. The van der Waals surface area contributed by atoms with Crippen molar-refractivity contribution in [1.29, 1.82) is 0 Å². The van der Waals surface area contributed by atoms with E-state index in [4.69, 9.17) is 16.3 Å². The Hall–Kier alpha value is -2.74. The predicted molar refractivity (Wildman–Crippen MR) is 125 cm³/mol. The second-order valence-electron chi connectivity index (χ2n) is 7.72. The Labute approximate surface area is 195 Å². The summed E-state index contributed by atoms with van der Waals surface area (Å²) in [5.74, 6) is -0.435. The van der Waals surface area contributed by atoms with Crippen LogP contribution in [-0.2, 0) is 11.3 Å². The van der Waals surface area contributed by atoms with Gasteiger partial charge in [0.1, 0.15) is 0 Å². The van der Waals surface area contributed by atoms with Gasteiger partial charge in [-0.05, 0) is 55.7 Å². The summed E-state index contributed by atoms with van der Waals surface area (Å²) in [5, 5.41) is 5.41. The van der Waals surface area contributed by atoms with E-state index in [0.717, 1.165) is 30.7 Å². The molecule has 6 nitrogen and oxygen atoms in total. The first-order valence-corrected chi connectivity index (χ1v) is 11.7. The molecular weight excluding hydrogens is 446 g/mol. The highest BCUT2D eigenvalue weighted by molar-refractivity contribution is 7.07. The number of amides is 2. The van der Waals surface area contributed by atoms with E-state index in [0.29, 0.717) is 34.0 Å². The van der Waals surface area contributed by atoms with Crippen molar-refractivity contribution in [3.8, 4) is 0 Å². The molecule has 32 heavy (non-hydrogen) atoms. The first-order chi connectivity index (χ1) is 15.5. The van der Waals surface area contributed by atoms with E-state index in [1.165, 1.54) is 11.3 Å². The summed E-state index contributed by atoms with van der Waals surface area (Å²) < 4.78 is 7.53. The fraction of sp³-hybridized carbons (Fsp3) is 0.292. The van der Waals surface area contributed by atoms with Gasteiger partial charge in [0.15, 0.2) is 4.80 Å². The van der Waals surface area contributed by atoms with Crippen molar-refractivity contribution in [2.24, 2.45) is 4.99 Å². The third-order valence-corrected chi connectivity index (χ3v) is 6.55. The number of rotatable bonds is 6. The number of aryl methyl sites for hydroxylation is 1. The van der Waals surface area contributed by atoms with Gasteiger partial charge in [0.2, 0.25) is 0 Å². The standard InChI is InChI=1S/C24H24ClN3O3S/c1-16-15-32-24(27-23(30)19-4-2-5-20(25)12-19)28(16)14-17-7-9-18(10-8-17)22(29)26-13-21-6-3-11-31-21/h2,4-5,7-10,12,15,21H,3,6,11,13-14H2,1H3,(H,26,29)/t21-/m1/s1. The van der Waals surface area contributed by atoms with E-state index in [1.807, 2.05) is 41.1 Å². The molecule has 0 saturated carbocycles. The lowest BCUT2D eigenvalue weighted by Crippen LogP contribution is -2.31. The summed E-state index contributed by atoms with van der Waals surface area (Å²) in [5.41, 5.74) is 3.08. The number of ether oxygens (including phenoxy) is 1. The summed E-state index contributed by atoms with van der Waals surface area (Å²) in [4.78, 5) is 29.9. The number of benzene rings is 2.